The Morgan fingerprint density at radius 2 is 2.00 bits per heavy atom. The third kappa shape index (κ3) is 4.68. The van der Waals surface area contributed by atoms with Crippen molar-refractivity contribution >= 4 is 23.5 Å². The molecule has 0 radical (unpaired) electrons. The van der Waals surface area contributed by atoms with Crippen molar-refractivity contribution in [3.8, 4) is 0 Å². The lowest BCUT2D eigenvalue weighted by molar-refractivity contribution is -0.141. The van der Waals surface area contributed by atoms with Crippen LogP contribution in [0.3, 0.4) is 0 Å². The molecule has 1 aromatic rings. The third-order valence-electron chi connectivity index (χ3n) is 3.24. The van der Waals surface area contributed by atoms with Gasteiger partial charge in [-0.1, -0.05) is 17.7 Å². The van der Waals surface area contributed by atoms with Crippen LogP contribution in [0, 0.1) is 5.82 Å². The highest BCUT2D eigenvalue weighted by Gasteiger charge is 2.24. The van der Waals surface area contributed by atoms with Gasteiger partial charge in [-0.25, -0.2) is 4.39 Å². The zero-order valence-electron chi connectivity index (χ0n) is 12.1. The summed E-state index contributed by atoms with van der Waals surface area (Å²) in [5.74, 6) is -1.80. The molecule has 0 aliphatic carbocycles. The van der Waals surface area contributed by atoms with Gasteiger partial charge in [0.2, 0.25) is 5.91 Å². The molecule has 1 N–H and O–H groups in total. The second-order valence-electron chi connectivity index (χ2n) is 4.88. The van der Waals surface area contributed by atoms with E-state index in [4.69, 9.17) is 16.7 Å². The van der Waals surface area contributed by atoms with E-state index in [1.54, 1.807) is 20.0 Å². The van der Waals surface area contributed by atoms with Crippen molar-refractivity contribution in [1.29, 1.82) is 0 Å². The minimum atomic E-state index is -1.02. The number of carboxylic acids is 1. The zero-order valence-corrected chi connectivity index (χ0v) is 12.9. The Morgan fingerprint density at radius 3 is 2.52 bits per heavy atom. The minimum Gasteiger partial charge on any atom is -0.480 e. The number of carboxylic acid groups (broad SMARTS) is 1. The van der Waals surface area contributed by atoms with Gasteiger partial charge in [-0.05, 0) is 26.1 Å². The summed E-state index contributed by atoms with van der Waals surface area (Å²) >= 11 is 5.92. The van der Waals surface area contributed by atoms with Gasteiger partial charge in [-0.2, -0.15) is 0 Å². The van der Waals surface area contributed by atoms with Gasteiger partial charge < -0.3 is 10.0 Å². The van der Waals surface area contributed by atoms with E-state index in [2.05, 4.69) is 0 Å². The molecule has 1 amide bonds. The normalized spacial score (nSPS) is 12.3. The monoisotopic (exact) mass is 316 g/mol. The summed E-state index contributed by atoms with van der Waals surface area (Å²) in [5.41, 5.74) is 0.239. The predicted octanol–water partition coefficient (Wildman–Crippen LogP) is 1.84. The Hall–Kier alpha value is -1.66. The van der Waals surface area contributed by atoms with Crippen LogP contribution >= 0.6 is 11.6 Å². The van der Waals surface area contributed by atoms with Crippen LogP contribution in [0.1, 0.15) is 12.5 Å². The van der Waals surface area contributed by atoms with Crippen LogP contribution in [0.4, 0.5) is 4.39 Å². The number of hydrogen-bond donors (Lipinski definition) is 1. The van der Waals surface area contributed by atoms with E-state index in [1.165, 1.54) is 29.0 Å². The van der Waals surface area contributed by atoms with Crippen molar-refractivity contribution < 1.29 is 19.1 Å². The molecule has 0 saturated heterocycles. The van der Waals surface area contributed by atoms with Gasteiger partial charge in [-0.3, -0.25) is 14.5 Å². The molecule has 0 saturated carbocycles. The lowest BCUT2D eigenvalue weighted by Crippen LogP contribution is -2.45. The first-order valence-corrected chi connectivity index (χ1v) is 6.71. The Kier molecular flexibility index (Phi) is 6.11. The largest absolute Gasteiger partial charge is 0.480 e. The number of aliphatic carboxylic acids is 1. The van der Waals surface area contributed by atoms with E-state index < -0.39 is 17.8 Å². The molecule has 7 heteroatoms. The number of nitrogens with zero attached hydrogens (tertiary/aromatic N) is 2. The number of carbonyl (C=O) groups excluding carboxylic acids is 1. The Morgan fingerprint density at radius 1 is 1.38 bits per heavy atom. The average molecular weight is 317 g/mol. The van der Waals surface area contributed by atoms with Crippen molar-refractivity contribution in [2.75, 3.05) is 20.6 Å². The molecule has 5 nitrogen and oxygen atoms in total. The van der Waals surface area contributed by atoms with Crippen molar-refractivity contribution in [3.63, 3.8) is 0 Å². The second kappa shape index (κ2) is 7.38. The molecule has 0 heterocycles. The number of amides is 1. The number of rotatable bonds is 6. The van der Waals surface area contributed by atoms with Crippen molar-refractivity contribution in [1.82, 2.24) is 9.80 Å². The van der Waals surface area contributed by atoms with Crippen molar-refractivity contribution in [2.45, 2.75) is 19.5 Å². The molecule has 0 aromatic heterocycles. The molecular formula is C14H18ClFN2O3. The third-order valence-corrected chi connectivity index (χ3v) is 3.59. The second-order valence-corrected chi connectivity index (χ2v) is 5.29. The topological polar surface area (TPSA) is 60.9 Å². The van der Waals surface area contributed by atoms with Crippen LogP contribution in [-0.2, 0) is 16.1 Å². The first-order chi connectivity index (χ1) is 9.73. The number of likely N-dealkylation sites (N-methyl/N-ethyl adjacent to an activating group) is 2. The van der Waals surface area contributed by atoms with Crippen LogP contribution in [0.2, 0.25) is 5.02 Å². The van der Waals surface area contributed by atoms with Gasteiger partial charge >= 0.3 is 5.97 Å². The van der Waals surface area contributed by atoms with Crippen molar-refractivity contribution in [3.05, 3.63) is 34.6 Å². The molecule has 1 aromatic carbocycles. The summed E-state index contributed by atoms with van der Waals surface area (Å²) in [4.78, 5) is 25.6. The molecule has 0 bridgehead atoms. The van der Waals surface area contributed by atoms with Gasteiger partial charge in [0.15, 0.2) is 0 Å². The predicted molar refractivity (Wildman–Crippen MR) is 77.6 cm³/mol. The maximum Gasteiger partial charge on any atom is 0.317 e. The van der Waals surface area contributed by atoms with E-state index >= 15 is 0 Å². The van der Waals surface area contributed by atoms with E-state index in [9.17, 15) is 14.0 Å². The summed E-state index contributed by atoms with van der Waals surface area (Å²) in [5, 5.41) is 8.98. The summed E-state index contributed by atoms with van der Waals surface area (Å²) < 4.78 is 13.7. The molecule has 1 unspecified atom stereocenters. The number of carbonyl (C=O) groups is 2. The van der Waals surface area contributed by atoms with Crippen LogP contribution in [-0.4, -0.2) is 53.5 Å². The summed E-state index contributed by atoms with van der Waals surface area (Å²) in [6.45, 7) is 1.38. The summed E-state index contributed by atoms with van der Waals surface area (Å²) in [6.07, 6.45) is 0. The van der Waals surface area contributed by atoms with E-state index in [1.807, 2.05) is 0 Å². The van der Waals surface area contributed by atoms with E-state index in [0.717, 1.165) is 0 Å². The van der Waals surface area contributed by atoms with Crippen molar-refractivity contribution in [2.24, 2.45) is 0 Å². The lowest BCUT2D eigenvalue weighted by Gasteiger charge is -2.27. The maximum absolute atomic E-state index is 13.7. The van der Waals surface area contributed by atoms with E-state index in [0.29, 0.717) is 0 Å². The fourth-order valence-corrected chi connectivity index (χ4v) is 2.08. The molecular weight excluding hydrogens is 299 g/mol. The first-order valence-electron chi connectivity index (χ1n) is 6.34. The van der Waals surface area contributed by atoms with Gasteiger partial charge in [-0.15, -0.1) is 0 Å². The standard InChI is InChI=1S/C14H18ClFN2O3/c1-9(17(2)8-13(19)20)14(21)18(3)7-10-11(15)5-4-6-12(10)16/h4-6,9H,7-8H2,1-3H3,(H,19,20). The number of halogens is 2. The Labute approximate surface area is 127 Å². The summed E-state index contributed by atoms with van der Waals surface area (Å²) in [6, 6.07) is 3.70. The quantitative estimate of drug-likeness (QED) is 0.870. The van der Waals surface area contributed by atoms with E-state index in [-0.39, 0.29) is 29.6 Å². The van der Waals surface area contributed by atoms with Crippen LogP contribution < -0.4 is 0 Å². The molecule has 0 aliphatic heterocycles. The number of benzene rings is 1. The maximum atomic E-state index is 13.7. The molecule has 1 atom stereocenters. The fourth-order valence-electron chi connectivity index (χ4n) is 1.86. The van der Waals surface area contributed by atoms with Crippen LogP contribution in [0.25, 0.3) is 0 Å². The molecule has 0 spiro atoms. The highest BCUT2D eigenvalue weighted by atomic mass is 35.5. The summed E-state index contributed by atoms with van der Waals surface area (Å²) in [7, 11) is 3.07. The van der Waals surface area contributed by atoms with Gasteiger partial charge in [0.1, 0.15) is 5.82 Å². The van der Waals surface area contributed by atoms with Crippen LogP contribution in [0.15, 0.2) is 18.2 Å². The SMILES string of the molecule is CC(C(=O)N(C)Cc1c(F)cccc1Cl)N(C)CC(=O)O. The Bertz CT molecular complexity index is 519. The number of hydrogen-bond acceptors (Lipinski definition) is 3. The zero-order chi connectivity index (χ0) is 16.2. The molecule has 21 heavy (non-hydrogen) atoms. The van der Waals surface area contributed by atoms with Gasteiger partial charge in [0.05, 0.1) is 12.6 Å². The van der Waals surface area contributed by atoms with Crippen LogP contribution in [0.5, 0.6) is 0 Å². The molecule has 0 fully saturated rings. The fraction of sp³-hybridized carbons (Fsp3) is 0.429. The Balaban J connectivity index is 2.77. The first kappa shape index (κ1) is 17.4. The lowest BCUT2D eigenvalue weighted by atomic mass is 10.2. The highest BCUT2D eigenvalue weighted by Crippen LogP contribution is 2.20. The minimum absolute atomic E-state index is 0.0234. The molecule has 116 valence electrons. The molecule has 1 rings (SSSR count). The highest BCUT2D eigenvalue weighted by molar-refractivity contribution is 6.31. The van der Waals surface area contributed by atoms with Gasteiger partial charge in [0.25, 0.3) is 0 Å². The van der Waals surface area contributed by atoms with Gasteiger partial charge in [0, 0.05) is 24.2 Å². The smallest absolute Gasteiger partial charge is 0.317 e. The average Bonchev–Trinajstić information content (AvgIpc) is 2.40. The molecule has 0 aliphatic rings.